The smallest absolute Gasteiger partial charge is 0.313 e. The Bertz CT molecular complexity index is 569. The minimum Gasteiger partial charge on any atom is -0.465 e. The predicted molar refractivity (Wildman–Crippen MR) is 76.0 cm³/mol. The number of esters is 1. The van der Waals surface area contributed by atoms with Crippen molar-refractivity contribution < 1.29 is 18.7 Å². The third-order valence-corrected chi connectivity index (χ3v) is 2.62. The van der Waals surface area contributed by atoms with Crippen molar-refractivity contribution in [3.05, 3.63) is 27.8 Å². The van der Waals surface area contributed by atoms with Gasteiger partial charge in [0.1, 0.15) is 12.2 Å². The second-order valence-electron chi connectivity index (χ2n) is 4.48. The van der Waals surface area contributed by atoms with Gasteiger partial charge in [-0.25, -0.2) is 4.39 Å². The highest BCUT2D eigenvalue weighted by molar-refractivity contribution is 6.08. The maximum Gasteiger partial charge on any atom is 0.313 e. The van der Waals surface area contributed by atoms with Crippen molar-refractivity contribution in [1.82, 2.24) is 4.98 Å². The molecule has 0 aliphatic heterocycles. The lowest BCUT2D eigenvalue weighted by atomic mass is 10.1. The number of aromatic amines is 1. The molecule has 0 unspecified atom stereocenters. The van der Waals surface area contributed by atoms with Crippen LogP contribution in [0.4, 0.5) is 10.2 Å². The molecule has 6 nitrogen and oxygen atoms in total. The quantitative estimate of drug-likeness (QED) is 0.434. The number of Topliss-reactive ketones (excluding diaryl/α,β-unsaturated/α-hetero) is 1. The number of carbonyl (C=O) groups is 2. The highest BCUT2D eigenvalue weighted by Crippen LogP contribution is 2.14. The van der Waals surface area contributed by atoms with Crippen LogP contribution >= 0.6 is 0 Å². The highest BCUT2D eigenvalue weighted by Gasteiger charge is 2.19. The molecule has 2 N–H and O–H groups in total. The largest absolute Gasteiger partial charge is 0.465 e. The minimum absolute atomic E-state index is 0.0611. The molecule has 0 saturated carbocycles. The lowest BCUT2D eigenvalue weighted by Gasteiger charge is -2.10. The molecule has 1 heterocycles. The fourth-order valence-electron chi connectivity index (χ4n) is 1.61. The first kappa shape index (κ1) is 16.9. The Hall–Kier alpha value is -2.18. The van der Waals surface area contributed by atoms with E-state index in [0.717, 1.165) is 12.5 Å². The van der Waals surface area contributed by atoms with Crippen LogP contribution < -0.4 is 10.9 Å². The van der Waals surface area contributed by atoms with Gasteiger partial charge in [0, 0.05) is 6.54 Å². The van der Waals surface area contributed by atoms with Crippen LogP contribution in [0.15, 0.2) is 10.9 Å². The summed E-state index contributed by atoms with van der Waals surface area (Å²) in [5.74, 6) is -2.22. The molecule has 1 aromatic heterocycles. The van der Waals surface area contributed by atoms with E-state index >= 15 is 0 Å². The van der Waals surface area contributed by atoms with E-state index in [1.165, 1.54) is 0 Å². The molecule has 1 rings (SSSR count). The molecular formula is C14H19FN2O4. The van der Waals surface area contributed by atoms with Crippen molar-refractivity contribution in [1.29, 1.82) is 0 Å². The number of carbonyl (C=O) groups excluding carboxylic acids is 2. The van der Waals surface area contributed by atoms with Gasteiger partial charge in [-0.2, -0.15) is 0 Å². The van der Waals surface area contributed by atoms with Crippen molar-refractivity contribution in [2.45, 2.75) is 33.1 Å². The summed E-state index contributed by atoms with van der Waals surface area (Å²) >= 11 is 0. The standard InChI is InChI=1S/C14H19FN2O4/c1-3-5-16-13-9(7-10(15)14(20)17-13)11(18)8-12(19)21-6-4-2/h7H,3-6,8H2,1-2H3,(H2,16,17,20). The number of pyridine rings is 1. The molecule has 0 fully saturated rings. The van der Waals surface area contributed by atoms with E-state index in [0.29, 0.717) is 13.0 Å². The van der Waals surface area contributed by atoms with E-state index in [1.807, 2.05) is 13.8 Å². The van der Waals surface area contributed by atoms with Crippen molar-refractivity contribution in [3.8, 4) is 0 Å². The second kappa shape index (κ2) is 8.18. The zero-order chi connectivity index (χ0) is 15.8. The first-order valence-corrected chi connectivity index (χ1v) is 6.85. The van der Waals surface area contributed by atoms with Gasteiger partial charge in [0.15, 0.2) is 11.6 Å². The molecule has 0 atom stereocenters. The number of anilines is 1. The summed E-state index contributed by atoms with van der Waals surface area (Å²) < 4.78 is 18.2. The van der Waals surface area contributed by atoms with Crippen LogP contribution in [-0.2, 0) is 9.53 Å². The molecule has 0 amide bonds. The van der Waals surface area contributed by atoms with Gasteiger partial charge in [0.2, 0.25) is 0 Å². The number of ether oxygens (including phenoxy) is 1. The average molecular weight is 298 g/mol. The highest BCUT2D eigenvalue weighted by atomic mass is 19.1. The summed E-state index contributed by atoms with van der Waals surface area (Å²) in [6, 6.07) is 0.840. The number of hydrogen-bond acceptors (Lipinski definition) is 5. The maximum absolute atomic E-state index is 13.3. The van der Waals surface area contributed by atoms with E-state index in [2.05, 4.69) is 10.3 Å². The van der Waals surface area contributed by atoms with E-state index in [9.17, 15) is 18.8 Å². The Labute approximate surface area is 121 Å². The van der Waals surface area contributed by atoms with Crippen LogP contribution in [0.3, 0.4) is 0 Å². The number of aromatic nitrogens is 1. The Balaban J connectivity index is 2.93. The number of nitrogens with one attached hydrogen (secondary N) is 2. The molecule has 1 aromatic rings. The van der Waals surface area contributed by atoms with Crippen LogP contribution in [0.25, 0.3) is 0 Å². The molecular weight excluding hydrogens is 279 g/mol. The third-order valence-electron chi connectivity index (χ3n) is 2.62. The van der Waals surface area contributed by atoms with E-state index < -0.39 is 29.5 Å². The monoisotopic (exact) mass is 298 g/mol. The van der Waals surface area contributed by atoms with Crippen molar-refractivity contribution >= 4 is 17.6 Å². The Morgan fingerprint density at radius 1 is 1.33 bits per heavy atom. The summed E-state index contributed by atoms with van der Waals surface area (Å²) in [7, 11) is 0. The van der Waals surface area contributed by atoms with Gasteiger partial charge in [0.05, 0.1) is 12.2 Å². The molecule has 7 heteroatoms. The molecule has 21 heavy (non-hydrogen) atoms. The normalized spacial score (nSPS) is 10.2. The number of H-pyrrole nitrogens is 1. The number of ketones is 1. The van der Waals surface area contributed by atoms with E-state index in [-0.39, 0.29) is 18.0 Å². The zero-order valence-electron chi connectivity index (χ0n) is 12.1. The summed E-state index contributed by atoms with van der Waals surface area (Å²) in [5, 5.41) is 2.83. The Morgan fingerprint density at radius 3 is 2.67 bits per heavy atom. The van der Waals surface area contributed by atoms with Crippen molar-refractivity contribution in [2.24, 2.45) is 0 Å². The molecule has 0 bridgehead atoms. The Morgan fingerprint density at radius 2 is 2.05 bits per heavy atom. The first-order chi connectivity index (χ1) is 9.99. The van der Waals surface area contributed by atoms with Crippen LogP contribution in [0, 0.1) is 5.82 Å². The summed E-state index contributed by atoms with van der Waals surface area (Å²) in [5.41, 5.74) is -0.979. The summed E-state index contributed by atoms with van der Waals surface area (Å²) in [6.45, 7) is 4.46. The van der Waals surface area contributed by atoms with E-state index in [1.54, 1.807) is 0 Å². The van der Waals surface area contributed by atoms with Crippen LogP contribution in [0.1, 0.15) is 43.5 Å². The predicted octanol–water partition coefficient (Wildman–Crippen LogP) is 1.86. The van der Waals surface area contributed by atoms with Crippen molar-refractivity contribution in [3.63, 3.8) is 0 Å². The molecule has 0 radical (unpaired) electrons. The first-order valence-electron chi connectivity index (χ1n) is 6.85. The number of halogens is 1. The lowest BCUT2D eigenvalue weighted by Crippen LogP contribution is -2.20. The summed E-state index contributed by atoms with van der Waals surface area (Å²) in [6.07, 6.45) is 0.911. The van der Waals surface area contributed by atoms with Crippen LogP contribution in [0.2, 0.25) is 0 Å². The second-order valence-corrected chi connectivity index (χ2v) is 4.48. The third kappa shape index (κ3) is 5.02. The molecule has 0 aromatic carbocycles. The molecule has 0 aliphatic carbocycles. The summed E-state index contributed by atoms with van der Waals surface area (Å²) in [4.78, 5) is 37.0. The number of rotatable bonds is 8. The lowest BCUT2D eigenvalue weighted by molar-refractivity contribution is -0.142. The van der Waals surface area contributed by atoms with Gasteiger partial charge < -0.3 is 15.0 Å². The molecule has 116 valence electrons. The van der Waals surface area contributed by atoms with Crippen molar-refractivity contribution in [2.75, 3.05) is 18.5 Å². The van der Waals surface area contributed by atoms with Gasteiger partial charge in [-0.1, -0.05) is 13.8 Å². The SMILES string of the molecule is CCCNc1[nH]c(=O)c(F)cc1C(=O)CC(=O)OCCC. The number of hydrogen-bond donors (Lipinski definition) is 2. The molecule has 0 aliphatic rings. The van der Waals surface area contributed by atoms with Gasteiger partial charge in [-0.05, 0) is 18.9 Å². The Kier molecular flexibility index (Phi) is 6.58. The zero-order valence-corrected chi connectivity index (χ0v) is 12.1. The fraction of sp³-hybridized carbons (Fsp3) is 0.500. The van der Waals surface area contributed by atoms with Gasteiger partial charge >= 0.3 is 5.97 Å². The van der Waals surface area contributed by atoms with Gasteiger partial charge in [-0.15, -0.1) is 0 Å². The topological polar surface area (TPSA) is 88.3 Å². The van der Waals surface area contributed by atoms with Crippen LogP contribution in [0.5, 0.6) is 0 Å². The fourth-order valence-corrected chi connectivity index (χ4v) is 1.61. The van der Waals surface area contributed by atoms with Gasteiger partial charge in [-0.3, -0.25) is 14.4 Å². The molecule has 0 saturated heterocycles. The molecule has 0 spiro atoms. The minimum atomic E-state index is -1.07. The van der Waals surface area contributed by atoms with Gasteiger partial charge in [0.25, 0.3) is 5.56 Å². The average Bonchev–Trinajstić information content (AvgIpc) is 2.45. The van der Waals surface area contributed by atoms with E-state index in [4.69, 9.17) is 4.74 Å². The maximum atomic E-state index is 13.3. The van der Waals surface area contributed by atoms with Crippen LogP contribution in [-0.4, -0.2) is 29.9 Å².